The fourth-order valence-corrected chi connectivity index (χ4v) is 1.57. The summed E-state index contributed by atoms with van der Waals surface area (Å²) in [5, 5.41) is 18.2. The van der Waals surface area contributed by atoms with Gasteiger partial charge >= 0.3 is 5.97 Å². The Kier molecular flexibility index (Phi) is 3.66. The number of carboxylic acid groups (broad SMARTS) is 1. The average Bonchev–Trinajstić information content (AvgIpc) is 2.37. The van der Waals surface area contributed by atoms with Crippen LogP contribution in [0.15, 0.2) is 42.5 Å². The third-order valence-electron chi connectivity index (χ3n) is 2.49. The summed E-state index contributed by atoms with van der Waals surface area (Å²) in [4.78, 5) is 10.8. The zero-order chi connectivity index (χ0) is 13.8. The minimum atomic E-state index is -1.22. The second-order valence-corrected chi connectivity index (χ2v) is 3.90. The summed E-state index contributed by atoms with van der Waals surface area (Å²) in [7, 11) is 0. The van der Waals surface area contributed by atoms with Crippen molar-refractivity contribution in [2.75, 3.05) is 0 Å². The first-order valence-electron chi connectivity index (χ1n) is 5.50. The smallest absolute Gasteiger partial charge is 0.339 e. The highest BCUT2D eigenvalue weighted by Crippen LogP contribution is 2.20. The first kappa shape index (κ1) is 12.9. The first-order chi connectivity index (χ1) is 9.06. The monoisotopic (exact) mass is 262 g/mol. The first-order valence-corrected chi connectivity index (χ1v) is 5.50. The summed E-state index contributed by atoms with van der Waals surface area (Å²) in [5.74, 6) is -1.58. The van der Waals surface area contributed by atoms with E-state index in [2.05, 4.69) is 0 Å². The molecule has 0 aliphatic rings. The third kappa shape index (κ3) is 3.22. The van der Waals surface area contributed by atoms with Crippen molar-refractivity contribution in [3.05, 3.63) is 59.4 Å². The van der Waals surface area contributed by atoms with Gasteiger partial charge in [-0.2, -0.15) is 0 Å². The fraction of sp³-hybridized carbons (Fsp3) is 0.0714. The standard InChI is InChI=1S/C14H11FO4/c15-10-2-1-3-11(7-10)19-8-9-4-5-13(16)12(6-9)14(17)18/h1-7,16H,8H2,(H,17,18). The summed E-state index contributed by atoms with van der Waals surface area (Å²) in [5.41, 5.74) is 0.375. The number of carboxylic acids is 1. The lowest BCUT2D eigenvalue weighted by Gasteiger charge is -2.07. The Balaban J connectivity index is 2.12. The van der Waals surface area contributed by atoms with Gasteiger partial charge in [0, 0.05) is 6.07 Å². The minimum Gasteiger partial charge on any atom is -0.507 e. The molecule has 0 aromatic heterocycles. The van der Waals surface area contributed by atoms with Crippen LogP contribution in [0.5, 0.6) is 11.5 Å². The quantitative estimate of drug-likeness (QED) is 0.889. The lowest BCUT2D eigenvalue weighted by atomic mass is 10.1. The van der Waals surface area contributed by atoms with Gasteiger partial charge in [-0.15, -0.1) is 0 Å². The van der Waals surface area contributed by atoms with Crippen LogP contribution in [0.4, 0.5) is 4.39 Å². The molecule has 2 N–H and O–H groups in total. The van der Waals surface area contributed by atoms with Crippen molar-refractivity contribution in [2.24, 2.45) is 0 Å². The Morgan fingerprint density at radius 2 is 2.00 bits per heavy atom. The zero-order valence-electron chi connectivity index (χ0n) is 9.84. The molecule has 4 nitrogen and oxygen atoms in total. The molecule has 0 fully saturated rings. The molecule has 0 atom stereocenters. The van der Waals surface area contributed by atoms with Crippen molar-refractivity contribution in [1.29, 1.82) is 0 Å². The molecule has 0 aliphatic heterocycles. The van der Waals surface area contributed by atoms with E-state index in [1.54, 1.807) is 12.1 Å². The van der Waals surface area contributed by atoms with E-state index < -0.39 is 11.8 Å². The van der Waals surface area contributed by atoms with Crippen LogP contribution >= 0.6 is 0 Å². The second kappa shape index (κ2) is 5.39. The molecule has 0 heterocycles. The second-order valence-electron chi connectivity index (χ2n) is 3.90. The van der Waals surface area contributed by atoms with E-state index in [4.69, 9.17) is 9.84 Å². The van der Waals surface area contributed by atoms with E-state index in [0.29, 0.717) is 11.3 Å². The van der Waals surface area contributed by atoms with Crippen LogP contribution in [0, 0.1) is 5.82 Å². The van der Waals surface area contributed by atoms with Gasteiger partial charge in [0.1, 0.15) is 29.5 Å². The predicted molar refractivity (Wildman–Crippen MR) is 65.8 cm³/mol. The summed E-state index contributed by atoms with van der Waals surface area (Å²) in [6.07, 6.45) is 0. The topological polar surface area (TPSA) is 66.8 Å². The molecule has 98 valence electrons. The number of hydrogen-bond donors (Lipinski definition) is 2. The molecule has 2 aromatic rings. The number of ether oxygens (including phenoxy) is 1. The van der Waals surface area contributed by atoms with Gasteiger partial charge in [0.2, 0.25) is 0 Å². The molecule has 2 aromatic carbocycles. The normalized spacial score (nSPS) is 10.2. The maximum absolute atomic E-state index is 12.9. The SMILES string of the molecule is O=C(O)c1cc(COc2cccc(F)c2)ccc1O. The molecule has 0 saturated carbocycles. The molecule has 0 saturated heterocycles. The zero-order valence-corrected chi connectivity index (χ0v) is 9.84. The highest BCUT2D eigenvalue weighted by Gasteiger charge is 2.10. The van der Waals surface area contributed by atoms with Gasteiger partial charge in [-0.05, 0) is 29.8 Å². The van der Waals surface area contributed by atoms with Crippen molar-refractivity contribution in [1.82, 2.24) is 0 Å². The van der Waals surface area contributed by atoms with E-state index in [9.17, 15) is 14.3 Å². The van der Waals surface area contributed by atoms with Crippen LogP contribution in [0.3, 0.4) is 0 Å². The summed E-state index contributed by atoms with van der Waals surface area (Å²) >= 11 is 0. The van der Waals surface area contributed by atoms with E-state index >= 15 is 0 Å². The van der Waals surface area contributed by atoms with Crippen LogP contribution in [-0.2, 0) is 6.61 Å². The maximum Gasteiger partial charge on any atom is 0.339 e. The highest BCUT2D eigenvalue weighted by molar-refractivity contribution is 5.90. The number of carbonyl (C=O) groups is 1. The van der Waals surface area contributed by atoms with Crippen molar-refractivity contribution in [3.8, 4) is 11.5 Å². The van der Waals surface area contributed by atoms with Crippen LogP contribution < -0.4 is 4.74 Å². The summed E-state index contributed by atoms with van der Waals surface area (Å²) in [6.45, 7) is 0.0873. The van der Waals surface area contributed by atoms with Crippen LogP contribution in [0.1, 0.15) is 15.9 Å². The van der Waals surface area contributed by atoms with Crippen molar-refractivity contribution in [2.45, 2.75) is 6.61 Å². The van der Waals surface area contributed by atoms with Crippen molar-refractivity contribution in [3.63, 3.8) is 0 Å². The number of benzene rings is 2. The van der Waals surface area contributed by atoms with Crippen LogP contribution in [0.25, 0.3) is 0 Å². The molecule has 2 rings (SSSR count). The fourth-order valence-electron chi connectivity index (χ4n) is 1.57. The Hall–Kier alpha value is -2.56. The number of aromatic carboxylic acids is 1. The van der Waals surface area contributed by atoms with Gasteiger partial charge in [-0.25, -0.2) is 9.18 Å². The lowest BCUT2D eigenvalue weighted by Crippen LogP contribution is -2.01. The molecular formula is C14H11FO4. The van der Waals surface area contributed by atoms with E-state index in [1.807, 2.05) is 0 Å². The number of halogens is 1. The maximum atomic E-state index is 12.9. The predicted octanol–water partition coefficient (Wildman–Crippen LogP) is 2.81. The van der Waals surface area contributed by atoms with Gasteiger partial charge in [-0.1, -0.05) is 12.1 Å². The van der Waals surface area contributed by atoms with E-state index in [1.165, 1.54) is 30.3 Å². The van der Waals surface area contributed by atoms with Crippen LogP contribution in [-0.4, -0.2) is 16.2 Å². The van der Waals surface area contributed by atoms with Crippen molar-refractivity contribution >= 4 is 5.97 Å². The number of rotatable bonds is 4. The van der Waals surface area contributed by atoms with Crippen LogP contribution in [0.2, 0.25) is 0 Å². The largest absolute Gasteiger partial charge is 0.507 e. The third-order valence-corrected chi connectivity index (χ3v) is 2.49. The van der Waals surface area contributed by atoms with Gasteiger partial charge in [0.05, 0.1) is 0 Å². The molecule has 0 bridgehead atoms. The van der Waals surface area contributed by atoms with E-state index in [0.717, 1.165) is 0 Å². The number of hydrogen-bond acceptors (Lipinski definition) is 3. The number of phenols is 1. The summed E-state index contributed by atoms with van der Waals surface area (Å²) in [6, 6.07) is 9.80. The number of aromatic hydroxyl groups is 1. The molecule has 19 heavy (non-hydrogen) atoms. The van der Waals surface area contributed by atoms with Crippen molar-refractivity contribution < 1.29 is 24.1 Å². The molecule has 0 unspecified atom stereocenters. The minimum absolute atomic E-state index is 0.0873. The Morgan fingerprint density at radius 1 is 1.21 bits per heavy atom. The molecule has 5 heteroatoms. The average molecular weight is 262 g/mol. The molecule has 0 aliphatic carbocycles. The Bertz CT molecular complexity index is 610. The Labute approximate surface area is 108 Å². The van der Waals surface area contributed by atoms with Gasteiger partial charge in [0.15, 0.2) is 0 Å². The van der Waals surface area contributed by atoms with E-state index in [-0.39, 0.29) is 17.9 Å². The molecule has 0 spiro atoms. The van der Waals surface area contributed by atoms with Gasteiger partial charge in [-0.3, -0.25) is 0 Å². The Morgan fingerprint density at radius 3 is 2.68 bits per heavy atom. The summed E-state index contributed by atoms with van der Waals surface area (Å²) < 4.78 is 18.3. The lowest BCUT2D eigenvalue weighted by molar-refractivity contribution is 0.0693. The highest BCUT2D eigenvalue weighted by atomic mass is 19.1. The molecule has 0 radical (unpaired) electrons. The van der Waals surface area contributed by atoms with Gasteiger partial charge in [0.25, 0.3) is 0 Å². The molecule has 0 amide bonds. The molecular weight excluding hydrogens is 251 g/mol. The van der Waals surface area contributed by atoms with Gasteiger partial charge < -0.3 is 14.9 Å².